The number of anilines is 1. The Hall–Kier alpha value is -3.28. The van der Waals surface area contributed by atoms with E-state index in [0.29, 0.717) is 23.7 Å². The van der Waals surface area contributed by atoms with Crippen LogP contribution >= 0.6 is 0 Å². The molecular weight excluding hydrogens is 306 g/mol. The van der Waals surface area contributed by atoms with Crippen LogP contribution in [-0.4, -0.2) is 17.8 Å². The molecule has 1 aromatic heterocycles. The average Bonchev–Trinajstić information content (AvgIpc) is 3.07. The number of benzene rings is 2. The molecule has 0 saturated carbocycles. The number of urea groups is 1. The molecule has 2 aromatic carbocycles. The summed E-state index contributed by atoms with van der Waals surface area (Å²) < 4.78 is 10.5. The Balaban J connectivity index is 1.43. The monoisotopic (exact) mass is 321 g/mol. The van der Waals surface area contributed by atoms with E-state index in [1.165, 1.54) is 0 Å². The SMILES string of the molecule is O=C(NCc1nccc2ccccc12)Nc1ccc2c(c1)OCO2. The van der Waals surface area contributed by atoms with Gasteiger partial charge in [0.2, 0.25) is 6.79 Å². The van der Waals surface area contributed by atoms with E-state index in [4.69, 9.17) is 9.47 Å². The molecule has 0 bridgehead atoms. The van der Waals surface area contributed by atoms with Crippen LogP contribution < -0.4 is 20.1 Å². The van der Waals surface area contributed by atoms with Crippen LogP contribution in [0.1, 0.15) is 5.69 Å². The van der Waals surface area contributed by atoms with Gasteiger partial charge in [0.05, 0.1) is 12.2 Å². The summed E-state index contributed by atoms with van der Waals surface area (Å²) in [6.07, 6.45) is 1.75. The summed E-state index contributed by atoms with van der Waals surface area (Å²) in [5, 5.41) is 7.73. The molecule has 0 radical (unpaired) electrons. The third-order valence-corrected chi connectivity index (χ3v) is 3.80. The Bertz CT molecular complexity index is 906. The summed E-state index contributed by atoms with van der Waals surface area (Å²) in [7, 11) is 0. The average molecular weight is 321 g/mol. The summed E-state index contributed by atoms with van der Waals surface area (Å²) in [4.78, 5) is 16.5. The molecule has 0 aliphatic carbocycles. The molecule has 0 spiro atoms. The van der Waals surface area contributed by atoms with Crippen molar-refractivity contribution in [3.8, 4) is 11.5 Å². The summed E-state index contributed by atoms with van der Waals surface area (Å²) in [6.45, 7) is 0.551. The van der Waals surface area contributed by atoms with Crippen molar-refractivity contribution in [2.45, 2.75) is 6.54 Å². The number of nitrogens with one attached hydrogen (secondary N) is 2. The third kappa shape index (κ3) is 2.81. The first-order chi connectivity index (χ1) is 11.8. The van der Waals surface area contributed by atoms with E-state index in [9.17, 15) is 4.79 Å². The molecule has 6 heteroatoms. The van der Waals surface area contributed by atoms with Crippen molar-refractivity contribution < 1.29 is 14.3 Å². The second-order valence-corrected chi connectivity index (χ2v) is 5.35. The van der Waals surface area contributed by atoms with Gasteiger partial charge in [-0.15, -0.1) is 0 Å². The Morgan fingerprint density at radius 2 is 1.96 bits per heavy atom. The lowest BCUT2D eigenvalue weighted by molar-refractivity contribution is 0.174. The molecule has 0 unspecified atom stereocenters. The van der Waals surface area contributed by atoms with E-state index >= 15 is 0 Å². The molecule has 0 atom stereocenters. The molecule has 1 aliphatic heterocycles. The molecule has 0 saturated heterocycles. The number of aromatic nitrogens is 1. The van der Waals surface area contributed by atoms with Gasteiger partial charge < -0.3 is 20.1 Å². The lowest BCUT2D eigenvalue weighted by atomic mass is 10.1. The quantitative estimate of drug-likeness (QED) is 0.776. The fourth-order valence-corrected chi connectivity index (χ4v) is 2.64. The Morgan fingerprint density at radius 1 is 1.08 bits per heavy atom. The second-order valence-electron chi connectivity index (χ2n) is 5.35. The maximum absolute atomic E-state index is 12.1. The number of fused-ring (bicyclic) bond motifs is 2. The van der Waals surface area contributed by atoms with Crippen LogP contribution in [0.4, 0.5) is 10.5 Å². The summed E-state index contributed by atoms with van der Waals surface area (Å²) in [5.41, 5.74) is 1.47. The first-order valence-corrected chi connectivity index (χ1v) is 7.57. The van der Waals surface area contributed by atoms with Crippen LogP contribution in [0.5, 0.6) is 11.5 Å². The molecule has 2 heterocycles. The maximum Gasteiger partial charge on any atom is 0.319 e. The maximum atomic E-state index is 12.1. The highest BCUT2D eigenvalue weighted by molar-refractivity contribution is 5.90. The highest BCUT2D eigenvalue weighted by Gasteiger charge is 2.14. The van der Waals surface area contributed by atoms with E-state index < -0.39 is 0 Å². The highest BCUT2D eigenvalue weighted by Crippen LogP contribution is 2.34. The number of rotatable bonds is 3. The van der Waals surface area contributed by atoms with Gasteiger partial charge in [-0.25, -0.2) is 4.79 Å². The van der Waals surface area contributed by atoms with Gasteiger partial charge >= 0.3 is 6.03 Å². The normalized spacial score (nSPS) is 12.2. The van der Waals surface area contributed by atoms with Gasteiger partial charge in [-0.2, -0.15) is 0 Å². The summed E-state index contributed by atoms with van der Waals surface area (Å²) in [5.74, 6) is 1.31. The molecule has 24 heavy (non-hydrogen) atoms. The number of carbonyl (C=O) groups is 1. The zero-order valence-corrected chi connectivity index (χ0v) is 12.8. The van der Waals surface area contributed by atoms with E-state index in [1.807, 2.05) is 30.3 Å². The molecule has 3 aromatic rings. The van der Waals surface area contributed by atoms with E-state index in [-0.39, 0.29) is 12.8 Å². The predicted octanol–water partition coefficient (Wildman–Crippen LogP) is 3.29. The molecule has 0 fully saturated rings. The minimum atomic E-state index is -0.302. The zero-order chi connectivity index (χ0) is 16.4. The smallest absolute Gasteiger partial charge is 0.319 e. The highest BCUT2D eigenvalue weighted by atomic mass is 16.7. The first kappa shape index (κ1) is 14.3. The topological polar surface area (TPSA) is 72.5 Å². The van der Waals surface area contributed by atoms with E-state index in [2.05, 4.69) is 15.6 Å². The van der Waals surface area contributed by atoms with Crippen LogP contribution in [0, 0.1) is 0 Å². The van der Waals surface area contributed by atoms with Gasteiger partial charge in [0, 0.05) is 23.3 Å². The molecular formula is C18H15N3O3. The van der Waals surface area contributed by atoms with E-state index in [1.54, 1.807) is 24.4 Å². The summed E-state index contributed by atoms with van der Waals surface area (Å²) in [6, 6.07) is 14.9. The van der Waals surface area contributed by atoms with Crippen LogP contribution in [0.15, 0.2) is 54.7 Å². The van der Waals surface area contributed by atoms with Gasteiger partial charge in [0.25, 0.3) is 0 Å². The van der Waals surface area contributed by atoms with Crippen molar-refractivity contribution in [2.75, 3.05) is 12.1 Å². The van der Waals surface area contributed by atoms with E-state index in [0.717, 1.165) is 16.5 Å². The van der Waals surface area contributed by atoms with Crippen LogP contribution in [0.25, 0.3) is 10.8 Å². The van der Waals surface area contributed by atoms with Crippen LogP contribution in [0.3, 0.4) is 0 Å². The number of hydrogen-bond donors (Lipinski definition) is 2. The molecule has 120 valence electrons. The van der Waals surface area contributed by atoms with Crippen molar-refractivity contribution in [3.05, 3.63) is 60.4 Å². The van der Waals surface area contributed by atoms with Crippen molar-refractivity contribution in [1.82, 2.24) is 10.3 Å². The first-order valence-electron chi connectivity index (χ1n) is 7.57. The van der Waals surface area contributed by atoms with Gasteiger partial charge in [0.15, 0.2) is 11.5 Å². The lowest BCUT2D eigenvalue weighted by Gasteiger charge is -2.09. The number of hydrogen-bond acceptors (Lipinski definition) is 4. The molecule has 6 nitrogen and oxygen atoms in total. The standard InChI is InChI=1S/C18H15N3O3/c22-18(21-13-5-6-16-17(9-13)24-11-23-16)20-10-15-14-4-2-1-3-12(14)7-8-19-15/h1-9H,10-11H2,(H2,20,21,22). The lowest BCUT2D eigenvalue weighted by Crippen LogP contribution is -2.28. The minimum absolute atomic E-state index is 0.206. The van der Waals surface area contributed by atoms with Crippen LogP contribution in [0.2, 0.25) is 0 Å². The molecule has 2 N–H and O–H groups in total. The van der Waals surface area contributed by atoms with Crippen molar-refractivity contribution in [3.63, 3.8) is 0 Å². The number of carbonyl (C=O) groups excluding carboxylic acids is 1. The molecule has 4 rings (SSSR count). The third-order valence-electron chi connectivity index (χ3n) is 3.80. The fourth-order valence-electron chi connectivity index (χ4n) is 2.64. The van der Waals surface area contributed by atoms with Gasteiger partial charge in [0.1, 0.15) is 0 Å². The van der Waals surface area contributed by atoms with Crippen molar-refractivity contribution in [1.29, 1.82) is 0 Å². The Morgan fingerprint density at radius 3 is 2.92 bits per heavy atom. The number of pyridine rings is 1. The molecule has 2 amide bonds. The summed E-state index contributed by atoms with van der Waals surface area (Å²) >= 11 is 0. The van der Waals surface area contributed by atoms with Crippen molar-refractivity contribution in [2.24, 2.45) is 0 Å². The number of nitrogens with zero attached hydrogens (tertiary/aromatic N) is 1. The van der Waals surface area contributed by atoms with Crippen molar-refractivity contribution >= 4 is 22.5 Å². The Kier molecular flexibility index (Phi) is 3.63. The number of amides is 2. The van der Waals surface area contributed by atoms with Gasteiger partial charge in [-0.3, -0.25) is 4.98 Å². The van der Waals surface area contributed by atoms with Crippen LogP contribution in [-0.2, 0) is 6.54 Å². The zero-order valence-electron chi connectivity index (χ0n) is 12.8. The largest absolute Gasteiger partial charge is 0.454 e. The van der Waals surface area contributed by atoms with Gasteiger partial charge in [-0.05, 0) is 23.6 Å². The molecule has 1 aliphatic rings. The fraction of sp³-hybridized carbons (Fsp3) is 0.111. The second kappa shape index (κ2) is 6.08. The van der Waals surface area contributed by atoms with Gasteiger partial charge in [-0.1, -0.05) is 24.3 Å². The Labute approximate surface area is 138 Å². The minimum Gasteiger partial charge on any atom is -0.454 e. The predicted molar refractivity (Wildman–Crippen MR) is 90.2 cm³/mol. The number of ether oxygens (including phenoxy) is 2.